The third kappa shape index (κ3) is 1.87. The summed E-state index contributed by atoms with van der Waals surface area (Å²) in [5, 5.41) is 1.40. The number of anilines is 1. The molecule has 3 rings (SSSR count). The number of ether oxygens (including phenoxy) is 1. The highest BCUT2D eigenvalue weighted by Gasteiger charge is 2.14. The van der Waals surface area contributed by atoms with Gasteiger partial charge in [0, 0.05) is 18.8 Å². The lowest BCUT2D eigenvalue weighted by Crippen LogP contribution is -1.94. The summed E-state index contributed by atoms with van der Waals surface area (Å²) in [6.45, 7) is 0. The first-order chi connectivity index (χ1) is 9.61. The molecule has 6 heteroatoms. The van der Waals surface area contributed by atoms with Gasteiger partial charge in [0.2, 0.25) is 0 Å². The molecule has 2 aromatic heterocycles. The summed E-state index contributed by atoms with van der Waals surface area (Å²) < 4.78 is 7.18. The van der Waals surface area contributed by atoms with E-state index in [2.05, 4.69) is 9.97 Å². The Hall–Kier alpha value is -2.27. The highest BCUT2D eigenvalue weighted by atomic mass is 35.5. The highest BCUT2D eigenvalue weighted by Crippen LogP contribution is 2.35. The van der Waals surface area contributed by atoms with Crippen LogP contribution in [0.15, 0.2) is 30.7 Å². The van der Waals surface area contributed by atoms with Crippen molar-refractivity contribution in [2.45, 2.75) is 0 Å². The number of aromatic nitrogens is 3. The zero-order valence-corrected chi connectivity index (χ0v) is 11.8. The molecule has 0 fully saturated rings. The van der Waals surface area contributed by atoms with Crippen LogP contribution < -0.4 is 10.5 Å². The number of rotatable bonds is 2. The van der Waals surface area contributed by atoms with E-state index in [1.54, 1.807) is 13.2 Å². The summed E-state index contributed by atoms with van der Waals surface area (Å²) in [4.78, 5) is 8.33. The summed E-state index contributed by atoms with van der Waals surface area (Å²) >= 11 is 6.06. The minimum Gasteiger partial charge on any atom is -0.495 e. The zero-order valence-electron chi connectivity index (χ0n) is 11.1. The van der Waals surface area contributed by atoms with Crippen LogP contribution in [0.1, 0.15) is 0 Å². The molecule has 0 saturated carbocycles. The van der Waals surface area contributed by atoms with Crippen molar-refractivity contribution < 1.29 is 4.74 Å². The number of hydrogen-bond donors (Lipinski definition) is 1. The standard InChI is InChI=1S/C14H13ClN4O/c1-19-6-9(12-13(16)17-7-18-14(12)19)8-3-4-10(15)11(5-8)20-2/h3-7H,1-2H3,(H2,16,17,18). The first kappa shape index (κ1) is 12.7. The largest absolute Gasteiger partial charge is 0.495 e. The Morgan fingerprint density at radius 2 is 2.10 bits per heavy atom. The fourth-order valence-electron chi connectivity index (χ4n) is 2.28. The van der Waals surface area contributed by atoms with Crippen molar-refractivity contribution in [1.82, 2.24) is 14.5 Å². The Bertz CT molecular complexity index is 797. The number of aryl methyl sites for hydroxylation is 1. The van der Waals surface area contributed by atoms with Gasteiger partial charge in [-0.25, -0.2) is 9.97 Å². The molecule has 0 atom stereocenters. The Morgan fingerprint density at radius 3 is 2.85 bits per heavy atom. The van der Waals surface area contributed by atoms with Gasteiger partial charge in [0.05, 0.1) is 17.5 Å². The predicted octanol–water partition coefficient (Wildman–Crippen LogP) is 2.88. The molecule has 2 N–H and O–H groups in total. The number of hydrogen-bond acceptors (Lipinski definition) is 4. The third-order valence-electron chi connectivity index (χ3n) is 3.24. The van der Waals surface area contributed by atoms with Crippen LogP contribution in [0.25, 0.3) is 22.2 Å². The van der Waals surface area contributed by atoms with Gasteiger partial charge in [0.25, 0.3) is 0 Å². The Balaban J connectivity index is 2.30. The van der Waals surface area contributed by atoms with Crippen molar-refractivity contribution in [1.29, 1.82) is 0 Å². The van der Waals surface area contributed by atoms with E-state index in [0.29, 0.717) is 16.6 Å². The molecule has 0 aliphatic carbocycles. The Kier molecular flexibility index (Phi) is 2.99. The number of fused-ring (bicyclic) bond motifs is 1. The minimum absolute atomic E-state index is 0.458. The van der Waals surface area contributed by atoms with Crippen LogP contribution in [0.4, 0.5) is 5.82 Å². The lowest BCUT2D eigenvalue weighted by atomic mass is 10.1. The number of nitrogens with zero attached hydrogens (tertiary/aromatic N) is 3. The SMILES string of the molecule is COc1cc(-c2cn(C)c3ncnc(N)c23)ccc1Cl. The van der Waals surface area contributed by atoms with Gasteiger partial charge in [0.15, 0.2) is 0 Å². The van der Waals surface area contributed by atoms with Crippen LogP contribution in [0.3, 0.4) is 0 Å². The monoisotopic (exact) mass is 288 g/mol. The first-order valence-electron chi connectivity index (χ1n) is 6.01. The van der Waals surface area contributed by atoms with E-state index in [9.17, 15) is 0 Å². The smallest absolute Gasteiger partial charge is 0.145 e. The van der Waals surface area contributed by atoms with Gasteiger partial charge in [0.1, 0.15) is 23.5 Å². The van der Waals surface area contributed by atoms with Gasteiger partial charge in [-0.2, -0.15) is 0 Å². The molecule has 1 aromatic carbocycles. The van der Waals surface area contributed by atoms with Crippen molar-refractivity contribution in [2.75, 3.05) is 12.8 Å². The van der Waals surface area contributed by atoms with Gasteiger partial charge >= 0.3 is 0 Å². The molecule has 20 heavy (non-hydrogen) atoms. The van der Waals surface area contributed by atoms with E-state index in [-0.39, 0.29) is 0 Å². The first-order valence-corrected chi connectivity index (χ1v) is 6.39. The summed E-state index contributed by atoms with van der Waals surface area (Å²) in [6.07, 6.45) is 3.43. The average molecular weight is 289 g/mol. The van der Waals surface area contributed by atoms with Crippen molar-refractivity contribution in [2.24, 2.45) is 7.05 Å². The molecular formula is C14H13ClN4O. The highest BCUT2D eigenvalue weighted by molar-refractivity contribution is 6.32. The van der Waals surface area contributed by atoms with Gasteiger partial charge in [-0.15, -0.1) is 0 Å². The molecule has 0 radical (unpaired) electrons. The fourth-order valence-corrected chi connectivity index (χ4v) is 2.48. The summed E-state index contributed by atoms with van der Waals surface area (Å²) in [5.41, 5.74) is 8.69. The van der Waals surface area contributed by atoms with Crippen molar-refractivity contribution in [3.05, 3.63) is 35.7 Å². The lowest BCUT2D eigenvalue weighted by Gasteiger charge is -2.06. The molecule has 102 valence electrons. The van der Waals surface area contributed by atoms with Crippen LogP contribution in [0, 0.1) is 0 Å². The van der Waals surface area contributed by atoms with E-state index in [4.69, 9.17) is 22.1 Å². The van der Waals surface area contributed by atoms with Gasteiger partial charge < -0.3 is 15.0 Å². The quantitative estimate of drug-likeness (QED) is 0.787. The van der Waals surface area contributed by atoms with Gasteiger partial charge in [-0.3, -0.25) is 0 Å². The van der Waals surface area contributed by atoms with Gasteiger partial charge in [-0.05, 0) is 17.7 Å². The van der Waals surface area contributed by atoms with Crippen molar-refractivity contribution >= 4 is 28.5 Å². The van der Waals surface area contributed by atoms with Crippen LogP contribution in [-0.4, -0.2) is 21.6 Å². The number of nitrogens with two attached hydrogens (primary N) is 1. The second-order valence-electron chi connectivity index (χ2n) is 4.46. The van der Waals surface area contributed by atoms with E-state index in [1.165, 1.54) is 6.33 Å². The number of benzene rings is 1. The molecule has 0 saturated heterocycles. The second-order valence-corrected chi connectivity index (χ2v) is 4.87. The fraction of sp³-hybridized carbons (Fsp3) is 0.143. The third-order valence-corrected chi connectivity index (χ3v) is 3.56. The van der Waals surface area contributed by atoms with Crippen LogP contribution >= 0.6 is 11.6 Å². The molecule has 2 heterocycles. The topological polar surface area (TPSA) is 66.0 Å². The number of nitrogen functional groups attached to an aromatic ring is 1. The summed E-state index contributed by atoms with van der Waals surface area (Å²) in [5.74, 6) is 1.08. The molecule has 5 nitrogen and oxygen atoms in total. The molecule has 0 amide bonds. The van der Waals surface area contributed by atoms with Crippen molar-refractivity contribution in [3.63, 3.8) is 0 Å². The Labute approximate surface area is 121 Å². The van der Waals surface area contributed by atoms with Crippen LogP contribution in [0.5, 0.6) is 5.75 Å². The summed E-state index contributed by atoms with van der Waals surface area (Å²) in [7, 11) is 3.51. The van der Waals surface area contributed by atoms with Crippen LogP contribution in [0.2, 0.25) is 5.02 Å². The molecular weight excluding hydrogens is 276 g/mol. The molecule has 0 aliphatic rings. The molecule has 0 spiro atoms. The normalized spacial score (nSPS) is 10.9. The average Bonchev–Trinajstić information content (AvgIpc) is 2.78. The molecule has 0 unspecified atom stereocenters. The second kappa shape index (κ2) is 4.68. The van der Waals surface area contributed by atoms with E-state index in [1.807, 2.05) is 29.9 Å². The van der Waals surface area contributed by atoms with E-state index >= 15 is 0 Å². The Morgan fingerprint density at radius 1 is 1.30 bits per heavy atom. The summed E-state index contributed by atoms with van der Waals surface area (Å²) in [6, 6.07) is 5.60. The van der Waals surface area contributed by atoms with Crippen molar-refractivity contribution in [3.8, 4) is 16.9 Å². The minimum atomic E-state index is 0.458. The van der Waals surface area contributed by atoms with E-state index in [0.717, 1.165) is 22.2 Å². The van der Waals surface area contributed by atoms with Crippen LogP contribution in [-0.2, 0) is 7.05 Å². The maximum Gasteiger partial charge on any atom is 0.145 e. The number of methoxy groups -OCH3 is 1. The number of halogens is 1. The van der Waals surface area contributed by atoms with Gasteiger partial charge in [-0.1, -0.05) is 17.7 Å². The van der Waals surface area contributed by atoms with E-state index < -0.39 is 0 Å². The molecule has 3 aromatic rings. The zero-order chi connectivity index (χ0) is 14.3. The predicted molar refractivity (Wildman–Crippen MR) is 79.9 cm³/mol. The lowest BCUT2D eigenvalue weighted by molar-refractivity contribution is 0.415. The maximum absolute atomic E-state index is 6.06. The molecule has 0 bridgehead atoms. The molecule has 0 aliphatic heterocycles. The maximum atomic E-state index is 6.06.